The van der Waals surface area contributed by atoms with Crippen LogP contribution in [0.3, 0.4) is 0 Å². The topological polar surface area (TPSA) is 55.4 Å². The summed E-state index contributed by atoms with van der Waals surface area (Å²) in [4.78, 5) is 22.8. The molecule has 4 nitrogen and oxygen atoms in total. The largest absolute Gasteiger partial charge is 0.460 e. The maximum atomic E-state index is 11.7. The summed E-state index contributed by atoms with van der Waals surface area (Å²) in [6, 6.07) is 0. The fraction of sp³-hybridized carbons (Fsp3) is 0.833. The minimum atomic E-state index is -0.506. The molecule has 0 radical (unpaired) electrons. The highest BCUT2D eigenvalue weighted by atomic mass is 16.6. The first-order valence-corrected chi connectivity index (χ1v) is 5.76. The molecule has 1 aliphatic heterocycles. The van der Waals surface area contributed by atoms with Crippen molar-refractivity contribution in [2.75, 3.05) is 13.1 Å². The van der Waals surface area contributed by atoms with E-state index in [0.717, 1.165) is 32.2 Å². The van der Waals surface area contributed by atoms with Crippen molar-refractivity contribution in [2.24, 2.45) is 5.41 Å². The average molecular weight is 227 g/mol. The lowest BCUT2D eigenvalue weighted by Gasteiger charge is -2.32. The maximum Gasteiger partial charge on any atom is 0.307 e. The molecular weight excluding hydrogens is 206 g/mol. The number of hydrogen-bond acceptors (Lipinski definition) is 4. The highest BCUT2D eigenvalue weighted by Gasteiger charge is 2.35. The van der Waals surface area contributed by atoms with E-state index in [-0.39, 0.29) is 12.4 Å². The second-order valence-electron chi connectivity index (χ2n) is 5.49. The summed E-state index contributed by atoms with van der Waals surface area (Å²) in [5, 5.41) is 3.18. The van der Waals surface area contributed by atoms with Gasteiger partial charge in [-0.1, -0.05) is 0 Å². The van der Waals surface area contributed by atoms with Gasteiger partial charge in [-0.05, 0) is 46.7 Å². The maximum absolute atomic E-state index is 11.7. The molecule has 1 aliphatic rings. The quantitative estimate of drug-likeness (QED) is 0.583. The molecule has 0 aromatic heterocycles. The Balaban J connectivity index is 2.56. The number of carbonyl (C=O) groups is 2. The number of ether oxygens (including phenoxy) is 1. The van der Waals surface area contributed by atoms with Gasteiger partial charge in [-0.25, -0.2) is 0 Å². The van der Waals surface area contributed by atoms with Gasteiger partial charge in [0.1, 0.15) is 11.9 Å². The van der Waals surface area contributed by atoms with Crippen molar-refractivity contribution in [3.05, 3.63) is 0 Å². The number of carbonyl (C=O) groups excluding carboxylic acids is 2. The Morgan fingerprint density at radius 1 is 1.38 bits per heavy atom. The lowest BCUT2D eigenvalue weighted by atomic mass is 9.77. The molecule has 1 fully saturated rings. The summed E-state index contributed by atoms with van der Waals surface area (Å²) in [7, 11) is 0. The molecule has 0 aromatic carbocycles. The molecule has 4 heteroatoms. The Labute approximate surface area is 96.7 Å². The van der Waals surface area contributed by atoms with Crippen LogP contribution in [0.2, 0.25) is 0 Å². The lowest BCUT2D eigenvalue weighted by Crippen LogP contribution is -2.40. The van der Waals surface area contributed by atoms with Gasteiger partial charge in [0.15, 0.2) is 0 Å². The van der Waals surface area contributed by atoms with Gasteiger partial charge in [0.2, 0.25) is 0 Å². The Morgan fingerprint density at radius 2 is 1.94 bits per heavy atom. The zero-order chi connectivity index (χ0) is 12.2. The van der Waals surface area contributed by atoms with Crippen LogP contribution in [0.4, 0.5) is 0 Å². The van der Waals surface area contributed by atoms with Crippen molar-refractivity contribution in [1.29, 1.82) is 0 Å². The Hall–Kier alpha value is -0.900. The average Bonchev–Trinajstić information content (AvgIpc) is 2.16. The van der Waals surface area contributed by atoms with Gasteiger partial charge in [-0.2, -0.15) is 0 Å². The van der Waals surface area contributed by atoms with Crippen LogP contribution < -0.4 is 5.32 Å². The van der Waals surface area contributed by atoms with Gasteiger partial charge in [0.25, 0.3) is 0 Å². The van der Waals surface area contributed by atoms with Crippen LogP contribution in [-0.4, -0.2) is 30.9 Å². The van der Waals surface area contributed by atoms with Crippen LogP contribution in [-0.2, 0) is 14.3 Å². The van der Waals surface area contributed by atoms with Crippen LogP contribution in [0, 0.1) is 5.41 Å². The summed E-state index contributed by atoms with van der Waals surface area (Å²) in [5.74, 6) is -0.276. The number of hydrogen-bond donors (Lipinski definition) is 1. The first kappa shape index (κ1) is 13.2. The molecule has 0 aromatic rings. The number of aldehydes is 1. The van der Waals surface area contributed by atoms with Gasteiger partial charge in [-0.15, -0.1) is 0 Å². The minimum absolute atomic E-state index is 0.204. The second-order valence-corrected chi connectivity index (χ2v) is 5.49. The molecule has 0 unspecified atom stereocenters. The van der Waals surface area contributed by atoms with Gasteiger partial charge in [0, 0.05) is 5.41 Å². The first-order chi connectivity index (χ1) is 7.37. The standard InChI is InChI=1S/C12H21NO3/c1-11(2,3)16-10(15)8-12(9-14)4-6-13-7-5-12/h9,13H,4-8H2,1-3H3. The van der Waals surface area contributed by atoms with Crippen molar-refractivity contribution in [1.82, 2.24) is 5.32 Å². The second kappa shape index (κ2) is 4.95. The molecule has 0 spiro atoms. The zero-order valence-corrected chi connectivity index (χ0v) is 10.3. The van der Waals surface area contributed by atoms with E-state index >= 15 is 0 Å². The van der Waals surface area contributed by atoms with E-state index in [9.17, 15) is 9.59 Å². The molecule has 0 bridgehead atoms. The zero-order valence-electron chi connectivity index (χ0n) is 10.3. The monoisotopic (exact) mass is 227 g/mol. The number of piperidine rings is 1. The summed E-state index contributed by atoms with van der Waals surface area (Å²) < 4.78 is 5.25. The van der Waals surface area contributed by atoms with E-state index in [0.29, 0.717) is 0 Å². The van der Waals surface area contributed by atoms with Gasteiger partial charge < -0.3 is 14.8 Å². The summed E-state index contributed by atoms with van der Waals surface area (Å²) >= 11 is 0. The summed E-state index contributed by atoms with van der Waals surface area (Å²) in [5.41, 5.74) is -0.984. The third-order valence-corrected chi connectivity index (χ3v) is 2.77. The molecule has 0 saturated carbocycles. The normalized spacial score (nSPS) is 20.2. The van der Waals surface area contributed by atoms with Crippen molar-refractivity contribution in [3.8, 4) is 0 Å². The Kier molecular flexibility index (Phi) is 4.08. The van der Waals surface area contributed by atoms with Gasteiger partial charge in [0.05, 0.1) is 6.42 Å². The number of nitrogens with one attached hydrogen (secondary N) is 1. The van der Waals surface area contributed by atoms with E-state index in [1.165, 1.54) is 0 Å². The van der Waals surface area contributed by atoms with E-state index in [2.05, 4.69) is 5.32 Å². The SMILES string of the molecule is CC(C)(C)OC(=O)CC1(C=O)CCNCC1. The predicted octanol–water partition coefficient (Wildman–Crippen LogP) is 1.29. The summed E-state index contributed by atoms with van der Waals surface area (Å²) in [6.07, 6.45) is 2.57. The highest BCUT2D eigenvalue weighted by Crippen LogP contribution is 2.31. The molecular formula is C12H21NO3. The number of esters is 1. The van der Waals surface area contributed by atoms with Crippen LogP contribution >= 0.6 is 0 Å². The van der Waals surface area contributed by atoms with E-state index in [1.807, 2.05) is 20.8 Å². The van der Waals surface area contributed by atoms with Crippen molar-refractivity contribution < 1.29 is 14.3 Å². The fourth-order valence-corrected chi connectivity index (χ4v) is 1.93. The molecule has 0 atom stereocenters. The summed E-state index contributed by atoms with van der Waals surface area (Å²) in [6.45, 7) is 7.09. The Bertz CT molecular complexity index is 262. The molecule has 1 heterocycles. The molecule has 16 heavy (non-hydrogen) atoms. The third kappa shape index (κ3) is 3.93. The minimum Gasteiger partial charge on any atom is -0.460 e. The lowest BCUT2D eigenvalue weighted by molar-refractivity contribution is -0.159. The molecule has 1 saturated heterocycles. The molecule has 0 amide bonds. The van der Waals surface area contributed by atoms with E-state index in [1.54, 1.807) is 0 Å². The van der Waals surface area contributed by atoms with Gasteiger partial charge >= 0.3 is 5.97 Å². The van der Waals surface area contributed by atoms with Crippen LogP contribution in [0.1, 0.15) is 40.0 Å². The van der Waals surface area contributed by atoms with Crippen LogP contribution in [0.25, 0.3) is 0 Å². The van der Waals surface area contributed by atoms with E-state index < -0.39 is 11.0 Å². The van der Waals surface area contributed by atoms with Crippen LogP contribution in [0.5, 0.6) is 0 Å². The molecule has 1 rings (SSSR count). The first-order valence-electron chi connectivity index (χ1n) is 5.76. The predicted molar refractivity (Wildman–Crippen MR) is 61.1 cm³/mol. The highest BCUT2D eigenvalue weighted by molar-refractivity contribution is 5.76. The van der Waals surface area contributed by atoms with Crippen molar-refractivity contribution in [2.45, 2.75) is 45.6 Å². The number of rotatable bonds is 3. The molecule has 92 valence electrons. The van der Waals surface area contributed by atoms with Crippen molar-refractivity contribution >= 4 is 12.3 Å². The van der Waals surface area contributed by atoms with E-state index in [4.69, 9.17) is 4.74 Å². The Morgan fingerprint density at radius 3 is 2.38 bits per heavy atom. The molecule has 0 aliphatic carbocycles. The molecule has 1 N–H and O–H groups in total. The van der Waals surface area contributed by atoms with Gasteiger partial charge in [-0.3, -0.25) is 4.79 Å². The smallest absolute Gasteiger partial charge is 0.307 e. The van der Waals surface area contributed by atoms with Crippen molar-refractivity contribution in [3.63, 3.8) is 0 Å². The third-order valence-electron chi connectivity index (χ3n) is 2.77. The van der Waals surface area contributed by atoms with Crippen LogP contribution in [0.15, 0.2) is 0 Å². The fourth-order valence-electron chi connectivity index (χ4n) is 1.93.